The van der Waals surface area contributed by atoms with Crippen molar-refractivity contribution in [1.82, 2.24) is 0 Å². The molecular weight excluding hydrogens is 204 g/mol. The number of aliphatic hydroxyl groups excluding tert-OH is 1. The quantitative estimate of drug-likeness (QED) is 0.814. The van der Waals surface area contributed by atoms with Gasteiger partial charge in [0, 0.05) is 12.2 Å². The van der Waals surface area contributed by atoms with E-state index in [4.69, 9.17) is 26.2 Å². The van der Waals surface area contributed by atoms with Crippen LogP contribution in [0, 0.1) is 0 Å². The largest absolute Gasteiger partial charge is 0.486 e. The first-order valence-corrected chi connectivity index (χ1v) is 4.88. The Morgan fingerprint density at radius 2 is 1.93 bits per heavy atom. The van der Waals surface area contributed by atoms with E-state index in [1.807, 2.05) is 6.07 Å². The average molecular weight is 215 g/mol. The van der Waals surface area contributed by atoms with Crippen molar-refractivity contribution in [2.75, 3.05) is 19.8 Å². The molecule has 4 heteroatoms. The zero-order valence-corrected chi connectivity index (χ0v) is 8.38. The summed E-state index contributed by atoms with van der Waals surface area (Å²) in [7, 11) is 0. The van der Waals surface area contributed by atoms with E-state index in [0.717, 1.165) is 5.56 Å². The van der Waals surface area contributed by atoms with Gasteiger partial charge in [-0.05, 0) is 12.5 Å². The molecule has 1 aromatic rings. The Morgan fingerprint density at radius 1 is 1.21 bits per heavy atom. The fourth-order valence-electron chi connectivity index (χ4n) is 1.48. The molecule has 0 bridgehead atoms. The maximum Gasteiger partial charge on any atom is 0.180 e. The van der Waals surface area contributed by atoms with Gasteiger partial charge in [0.1, 0.15) is 13.2 Å². The normalized spacial score (nSPS) is 14.1. The highest BCUT2D eigenvalue weighted by Crippen LogP contribution is 2.40. The average Bonchev–Trinajstić information content (AvgIpc) is 2.23. The standard InChI is InChI=1S/C10H11ClO3/c11-8-2-1-7(3-4-12)9-10(8)14-6-5-13-9/h1-2,12H,3-6H2. The van der Waals surface area contributed by atoms with Crippen LogP contribution in [-0.4, -0.2) is 24.9 Å². The van der Waals surface area contributed by atoms with Gasteiger partial charge in [0.2, 0.25) is 0 Å². The summed E-state index contributed by atoms with van der Waals surface area (Å²) in [5, 5.41) is 9.42. The van der Waals surface area contributed by atoms with Crippen molar-refractivity contribution < 1.29 is 14.6 Å². The molecule has 0 fully saturated rings. The molecule has 3 nitrogen and oxygen atoms in total. The van der Waals surface area contributed by atoms with E-state index in [0.29, 0.717) is 36.2 Å². The van der Waals surface area contributed by atoms with Gasteiger partial charge in [0.15, 0.2) is 11.5 Å². The molecule has 0 saturated carbocycles. The molecule has 1 aliphatic rings. The van der Waals surface area contributed by atoms with Crippen LogP contribution >= 0.6 is 11.6 Å². The van der Waals surface area contributed by atoms with Gasteiger partial charge in [0.25, 0.3) is 0 Å². The Labute approximate surface area is 87.2 Å². The Balaban J connectivity index is 2.42. The van der Waals surface area contributed by atoms with Gasteiger partial charge in [-0.3, -0.25) is 0 Å². The molecule has 1 aromatic carbocycles. The van der Waals surface area contributed by atoms with Crippen LogP contribution in [0.5, 0.6) is 11.5 Å². The third-order valence-corrected chi connectivity index (χ3v) is 2.40. The van der Waals surface area contributed by atoms with Crippen molar-refractivity contribution in [3.63, 3.8) is 0 Å². The molecule has 1 heterocycles. The third kappa shape index (κ3) is 1.65. The first kappa shape index (κ1) is 9.62. The molecule has 0 saturated heterocycles. The molecule has 2 rings (SSSR count). The SMILES string of the molecule is OCCc1ccc(Cl)c2c1OCCO2. The Kier molecular flexibility index (Phi) is 2.79. The van der Waals surface area contributed by atoms with E-state index in [9.17, 15) is 0 Å². The molecule has 76 valence electrons. The minimum atomic E-state index is 0.0947. The van der Waals surface area contributed by atoms with Gasteiger partial charge in [0.05, 0.1) is 5.02 Å². The summed E-state index contributed by atoms with van der Waals surface area (Å²) < 4.78 is 10.9. The lowest BCUT2D eigenvalue weighted by Crippen LogP contribution is -2.17. The van der Waals surface area contributed by atoms with Crippen LogP contribution in [0.3, 0.4) is 0 Å². The highest BCUT2D eigenvalue weighted by molar-refractivity contribution is 6.32. The zero-order valence-electron chi connectivity index (χ0n) is 7.62. The number of rotatable bonds is 2. The van der Waals surface area contributed by atoms with Crippen molar-refractivity contribution in [3.05, 3.63) is 22.7 Å². The molecule has 1 aliphatic heterocycles. The van der Waals surface area contributed by atoms with Gasteiger partial charge >= 0.3 is 0 Å². The topological polar surface area (TPSA) is 38.7 Å². The number of aliphatic hydroxyl groups is 1. The summed E-state index contributed by atoms with van der Waals surface area (Å²) >= 11 is 5.95. The van der Waals surface area contributed by atoms with Gasteiger partial charge in [-0.1, -0.05) is 17.7 Å². The molecule has 0 spiro atoms. The predicted molar refractivity (Wildman–Crippen MR) is 53.2 cm³/mol. The number of benzene rings is 1. The second kappa shape index (κ2) is 4.07. The third-order valence-electron chi connectivity index (χ3n) is 2.10. The highest BCUT2D eigenvalue weighted by atomic mass is 35.5. The van der Waals surface area contributed by atoms with Crippen LogP contribution in [0.2, 0.25) is 5.02 Å². The van der Waals surface area contributed by atoms with E-state index >= 15 is 0 Å². The maximum absolute atomic E-state index is 8.86. The lowest BCUT2D eigenvalue weighted by Gasteiger charge is -2.21. The smallest absolute Gasteiger partial charge is 0.180 e. The fraction of sp³-hybridized carbons (Fsp3) is 0.400. The molecule has 0 aromatic heterocycles. The number of ether oxygens (including phenoxy) is 2. The maximum atomic E-state index is 8.86. The van der Waals surface area contributed by atoms with Crippen LogP contribution in [0.1, 0.15) is 5.56 Å². The van der Waals surface area contributed by atoms with Crippen LogP contribution in [0.4, 0.5) is 0 Å². The summed E-state index contributed by atoms with van der Waals surface area (Å²) in [5.41, 5.74) is 0.937. The minimum Gasteiger partial charge on any atom is -0.486 e. The van der Waals surface area contributed by atoms with Crippen LogP contribution in [-0.2, 0) is 6.42 Å². The van der Waals surface area contributed by atoms with E-state index in [2.05, 4.69) is 0 Å². The number of hydrogen-bond donors (Lipinski definition) is 1. The first-order valence-electron chi connectivity index (χ1n) is 4.51. The molecule has 0 unspecified atom stereocenters. The van der Waals surface area contributed by atoms with E-state index < -0.39 is 0 Å². The second-order valence-corrected chi connectivity index (χ2v) is 3.44. The fourth-order valence-corrected chi connectivity index (χ4v) is 1.68. The van der Waals surface area contributed by atoms with Gasteiger partial charge in [-0.25, -0.2) is 0 Å². The summed E-state index contributed by atoms with van der Waals surface area (Å²) in [5.74, 6) is 1.28. The lowest BCUT2D eigenvalue weighted by molar-refractivity contribution is 0.169. The number of fused-ring (bicyclic) bond motifs is 1. The summed E-state index contributed by atoms with van der Waals surface area (Å²) in [6.45, 7) is 1.15. The Hall–Kier alpha value is -0.930. The van der Waals surface area contributed by atoms with Gasteiger partial charge < -0.3 is 14.6 Å². The summed E-state index contributed by atoms with van der Waals surface area (Å²) in [4.78, 5) is 0. The molecular formula is C10H11ClO3. The molecule has 14 heavy (non-hydrogen) atoms. The van der Waals surface area contributed by atoms with Crippen LogP contribution in [0.25, 0.3) is 0 Å². The predicted octanol–water partition coefficient (Wildman–Crippen LogP) is 1.65. The van der Waals surface area contributed by atoms with Crippen molar-refractivity contribution in [2.24, 2.45) is 0 Å². The van der Waals surface area contributed by atoms with Gasteiger partial charge in [-0.15, -0.1) is 0 Å². The summed E-state index contributed by atoms with van der Waals surface area (Å²) in [6.07, 6.45) is 0.558. The first-order chi connectivity index (χ1) is 6.83. The minimum absolute atomic E-state index is 0.0947. The van der Waals surface area contributed by atoms with E-state index in [-0.39, 0.29) is 6.61 Å². The van der Waals surface area contributed by atoms with E-state index in [1.165, 1.54) is 0 Å². The highest BCUT2D eigenvalue weighted by Gasteiger charge is 2.18. The molecule has 0 radical (unpaired) electrons. The van der Waals surface area contributed by atoms with Crippen molar-refractivity contribution in [1.29, 1.82) is 0 Å². The number of hydrogen-bond acceptors (Lipinski definition) is 3. The monoisotopic (exact) mass is 214 g/mol. The Morgan fingerprint density at radius 3 is 2.64 bits per heavy atom. The molecule has 1 N–H and O–H groups in total. The van der Waals surface area contributed by atoms with E-state index in [1.54, 1.807) is 6.07 Å². The Bertz CT molecular complexity index is 338. The number of halogens is 1. The molecule has 0 amide bonds. The molecule has 0 aliphatic carbocycles. The zero-order chi connectivity index (χ0) is 9.97. The summed E-state index contributed by atoms with van der Waals surface area (Å²) in [6, 6.07) is 3.62. The van der Waals surface area contributed by atoms with Gasteiger partial charge in [-0.2, -0.15) is 0 Å². The van der Waals surface area contributed by atoms with Crippen LogP contribution in [0.15, 0.2) is 12.1 Å². The van der Waals surface area contributed by atoms with Crippen molar-refractivity contribution in [3.8, 4) is 11.5 Å². The lowest BCUT2D eigenvalue weighted by atomic mass is 10.1. The second-order valence-electron chi connectivity index (χ2n) is 3.04. The van der Waals surface area contributed by atoms with Crippen molar-refractivity contribution in [2.45, 2.75) is 6.42 Å². The van der Waals surface area contributed by atoms with Crippen molar-refractivity contribution >= 4 is 11.6 Å². The molecule has 0 atom stereocenters. The van der Waals surface area contributed by atoms with Crippen LogP contribution < -0.4 is 9.47 Å².